The van der Waals surface area contributed by atoms with E-state index in [0.29, 0.717) is 5.56 Å². The Morgan fingerprint density at radius 2 is 1.29 bits per heavy atom. The topological polar surface area (TPSA) is 27.0 Å². The Morgan fingerprint density at radius 3 is 1.75 bits per heavy atom. The van der Waals surface area contributed by atoms with Crippen LogP contribution in [-0.4, -0.2) is 11.9 Å². The number of nitrogens with zero attached hydrogens (tertiary/aromatic N) is 2. The molecule has 0 atom stereocenters. The van der Waals surface area contributed by atoms with E-state index in [2.05, 4.69) is 66.5 Å². The second-order valence-electron chi connectivity index (χ2n) is 5.95. The van der Waals surface area contributed by atoms with Gasteiger partial charge in [-0.05, 0) is 35.9 Å². The summed E-state index contributed by atoms with van der Waals surface area (Å²) in [5, 5.41) is 8.94. The minimum absolute atomic E-state index is 0.197. The Bertz CT molecular complexity index is 763. The lowest BCUT2D eigenvalue weighted by atomic mass is 9.97. The normalized spacial score (nSPS) is 10.8. The molecule has 0 amide bonds. The Kier molecular flexibility index (Phi) is 5.05. The van der Waals surface area contributed by atoms with Gasteiger partial charge in [0, 0.05) is 6.54 Å². The standard InChI is InChI=1S/C22H20N2/c1-24(17-19-14-12-18(16-23)13-15-19)22(20-8-4-2-5-9-20)21-10-6-3-7-11-21/h2-15,22H,17H2,1H3. The first-order valence-corrected chi connectivity index (χ1v) is 8.07. The largest absolute Gasteiger partial charge is 0.291 e. The van der Waals surface area contributed by atoms with Crippen LogP contribution in [0.5, 0.6) is 0 Å². The monoisotopic (exact) mass is 312 g/mol. The lowest BCUT2D eigenvalue weighted by Crippen LogP contribution is -2.25. The van der Waals surface area contributed by atoms with Crippen molar-refractivity contribution in [3.63, 3.8) is 0 Å². The second kappa shape index (κ2) is 7.59. The van der Waals surface area contributed by atoms with Gasteiger partial charge in [-0.3, -0.25) is 4.90 Å². The van der Waals surface area contributed by atoms with E-state index in [0.717, 1.165) is 6.54 Å². The molecule has 0 N–H and O–H groups in total. The fourth-order valence-corrected chi connectivity index (χ4v) is 3.04. The molecule has 24 heavy (non-hydrogen) atoms. The Hall–Kier alpha value is -2.89. The van der Waals surface area contributed by atoms with Crippen molar-refractivity contribution in [2.45, 2.75) is 12.6 Å². The van der Waals surface area contributed by atoms with E-state index in [4.69, 9.17) is 5.26 Å². The fourth-order valence-electron chi connectivity index (χ4n) is 3.04. The van der Waals surface area contributed by atoms with Crippen LogP contribution in [0.2, 0.25) is 0 Å². The van der Waals surface area contributed by atoms with Crippen molar-refractivity contribution in [3.05, 3.63) is 107 Å². The maximum Gasteiger partial charge on any atom is 0.0991 e. The smallest absolute Gasteiger partial charge is 0.0991 e. The van der Waals surface area contributed by atoms with Crippen molar-refractivity contribution >= 4 is 0 Å². The molecule has 0 saturated carbocycles. The first kappa shape index (κ1) is 16.0. The van der Waals surface area contributed by atoms with Crippen molar-refractivity contribution in [3.8, 4) is 6.07 Å². The number of benzene rings is 3. The van der Waals surface area contributed by atoms with Gasteiger partial charge in [0.05, 0.1) is 17.7 Å². The van der Waals surface area contributed by atoms with Crippen LogP contribution in [0.25, 0.3) is 0 Å². The van der Waals surface area contributed by atoms with Gasteiger partial charge in [0.25, 0.3) is 0 Å². The highest BCUT2D eigenvalue weighted by Crippen LogP contribution is 2.28. The lowest BCUT2D eigenvalue weighted by Gasteiger charge is -2.29. The molecule has 2 heteroatoms. The Labute approximate surface area is 143 Å². The third-order valence-corrected chi connectivity index (χ3v) is 4.19. The molecule has 0 aliphatic carbocycles. The SMILES string of the molecule is CN(Cc1ccc(C#N)cc1)C(c1ccccc1)c1ccccc1. The van der Waals surface area contributed by atoms with Crippen LogP contribution in [0, 0.1) is 11.3 Å². The van der Waals surface area contributed by atoms with Crippen molar-refractivity contribution in [1.82, 2.24) is 4.90 Å². The van der Waals surface area contributed by atoms with E-state index in [1.54, 1.807) is 0 Å². The highest BCUT2D eigenvalue weighted by atomic mass is 15.1. The second-order valence-corrected chi connectivity index (χ2v) is 5.95. The highest BCUT2D eigenvalue weighted by molar-refractivity contribution is 5.34. The van der Waals surface area contributed by atoms with E-state index in [1.165, 1.54) is 16.7 Å². The molecule has 2 nitrogen and oxygen atoms in total. The molecule has 0 fully saturated rings. The summed E-state index contributed by atoms with van der Waals surface area (Å²) < 4.78 is 0. The molecule has 0 unspecified atom stereocenters. The minimum Gasteiger partial charge on any atom is -0.291 e. The van der Waals surface area contributed by atoms with E-state index in [9.17, 15) is 0 Å². The van der Waals surface area contributed by atoms with Crippen LogP contribution >= 0.6 is 0 Å². The third-order valence-electron chi connectivity index (χ3n) is 4.19. The molecule has 118 valence electrons. The van der Waals surface area contributed by atoms with Crippen LogP contribution in [0.15, 0.2) is 84.9 Å². The van der Waals surface area contributed by atoms with Gasteiger partial charge in [0.1, 0.15) is 0 Å². The summed E-state index contributed by atoms with van der Waals surface area (Å²) in [5.41, 5.74) is 4.46. The Balaban J connectivity index is 1.89. The summed E-state index contributed by atoms with van der Waals surface area (Å²) in [7, 11) is 2.14. The van der Waals surface area contributed by atoms with Crippen molar-refractivity contribution in [2.24, 2.45) is 0 Å². The first-order valence-electron chi connectivity index (χ1n) is 8.07. The highest BCUT2D eigenvalue weighted by Gasteiger charge is 2.19. The molecular formula is C22H20N2. The molecule has 3 rings (SSSR count). The van der Waals surface area contributed by atoms with Gasteiger partial charge in [0.2, 0.25) is 0 Å². The van der Waals surface area contributed by atoms with Crippen LogP contribution in [-0.2, 0) is 6.54 Å². The van der Waals surface area contributed by atoms with Crippen LogP contribution in [0.4, 0.5) is 0 Å². The first-order chi connectivity index (χ1) is 11.8. The van der Waals surface area contributed by atoms with E-state index in [-0.39, 0.29) is 6.04 Å². The van der Waals surface area contributed by atoms with Crippen molar-refractivity contribution in [1.29, 1.82) is 5.26 Å². The molecule has 3 aromatic carbocycles. The molecule has 0 bridgehead atoms. The van der Waals surface area contributed by atoms with Gasteiger partial charge in [-0.25, -0.2) is 0 Å². The van der Waals surface area contributed by atoms with Gasteiger partial charge in [-0.2, -0.15) is 5.26 Å². The molecule has 0 heterocycles. The summed E-state index contributed by atoms with van der Waals surface area (Å²) in [6.45, 7) is 0.820. The molecule has 0 radical (unpaired) electrons. The van der Waals surface area contributed by atoms with Gasteiger partial charge in [-0.1, -0.05) is 72.8 Å². The van der Waals surface area contributed by atoms with Crippen LogP contribution in [0.1, 0.15) is 28.3 Å². The van der Waals surface area contributed by atoms with Gasteiger partial charge in [0.15, 0.2) is 0 Å². The zero-order valence-electron chi connectivity index (χ0n) is 13.8. The van der Waals surface area contributed by atoms with Crippen molar-refractivity contribution in [2.75, 3.05) is 7.05 Å². The molecule has 3 aromatic rings. The summed E-state index contributed by atoms with van der Waals surface area (Å²) >= 11 is 0. The fraction of sp³-hybridized carbons (Fsp3) is 0.136. The average Bonchev–Trinajstić information content (AvgIpc) is 2.64. The molecule has 0 spiro atoms. The quantitative estimate of drug-likeness (QED) is 0.678. The van der Waals surface area contributed by atoms with E-state index in [1.807, 2.05) is 36.4 Å². The summed E-state index contributed by atoms with van der Waals surface area (Å²) in [5.74, 6) is 0. The van der Waals surface area contributed by atoms with E-state index < -0.39 is 0 Å². The molecule has 0 aliphatic rings. The zero-order chi connectivity index (χ0) is 16.8. The van der Waals surface area contributed by atoms with Crippen molar-refractivity contribution < 1.29 is 0 Å². The summed E-state index contributed by atoms with van der Waals surface area (Å²) in [4.78, 5) is 2.34. The maximum absolute atomic E-state index is 8.94. The molecule has 0 saturated heterocycles. The van der Waals surface area contributed by atoms with Gasteiger partial charge >= 0.3 is 0 Å². The molecule has 0 aliphatic heterocycles. The van der Waals surface area contributed by atoms with Crippen LogP contribution in [0.3, 0.4) is 0 Å². The summed E-state index contributed by atoms with van der Waals surface area (Å²) in [6.07, 6.45) is 0. The number of hydrogen-bond acceptors (Lipinski definition) is 2. The Morgan fingerprint density at radius 1 is 0.792 bits per heavy atom. The molecule has 0 aromatic heterocycles. The average molecular weight is 312 g/mol. The minimum atomic E-state index is 0.197. The zero-order valence-corrected chi connectivity index (χ0v) is 13.8. The van der Waals surface area contributed by atoms with Crippen LogP contribution < -0.4 is 0 Å². The predicted octanol–water partition coefficient (Wildman–Crippen LogP) is 4.78. The molecular weight excluding hydrogens is 292 g/mol. The van der Waals surface area contributed by atoms with Gasteiger partial charge < -0.3 is 0 Å². The predicted molar refractivity (Wildman–Crippen MR) is 97.4 cm³/mol. The maximum atomic E-state index is 8.94. The number of nitriles is 1. The van der Waals surface area contributed by atoms with E-state index >= 15 is 0 Å². The van der Waals surface area contributed by atoms with Gasteiger partial charge in [-0.15, -0.1) is 0 Å². The number of rotatable bonds is 5. The number of hydrogen-bond donors (Lipinski definition) is 0. The third kappa shape index (κ3) is 3.71. The lowest BCUT2D eigenvalue weighted by molar-refractivity contribution is 0.270. The summed E-state index contributed by atoms with van der Waals surface area (Å²) in [6, 6.07) is 31.3.